The number of methoxy groups -OCH3 is 1. The summed E-state index contributed by atoms with van der Waals surface area (Å²) in [5, 5.41) is 0. The zero-order chi connectivity index (χ0) is 12.9. The van der Waals surface area contributed by atoms with E-state index in [0.717, 1.165) is 16.0 Å². The first-order valence-corrected chi connectivity index (χ1v) is 7.31. The largest absolute Gasteiger partial charge is 0.469 e. The molecular weight excluding hydrogens is 300 g/mol. The summed E-state index contributed by atoms with van der Waals surface area (Å²) in [6.45, 7) is 3.82. The molecule has 0 heterocycles. The van der Waals surface area contributed by atoms with Crippen molar-refractivity contribution in [2.24, 2.45) is 5.41 Å². The minimum absolute atomic E-state index is 0.152. The molecule has 0 aliphatic rings. The van der Waals surface area contributed by atoms with Crippen molar-refractivity contribution in [2.45, 2.75) is 19.6 Å². The van der Waals surface area contributed by atoms with Gasteiger partial charge in [0.2, 0.25) is 0 Å². The molecule has 0 aromatic heterocycles. The molecule has 0 saturated carbocycles. The molecule has 0 amide bonds. The third kappa shape index (κ3) is 4.72. The molecule has 0 aliphatic carbocycles. The molecule has 0 radical (unpaired) electrons. The average molecular weight is 317 g/mol. The zero-order valence-electron chi connectivity index (χ0n) is 10.3. The number of hydrogen-bond acceptors (Lipinski definition) is 3. The molecule has 0 unspecified atom stereocenters. The number of thioether (sulfide) groups is 1. The second kappa shape index (κ2) is 6.45. The van der Waals surface area contributed by atoms with E-state index < -0.39 is 5.41 Å². The number of esters is 1. The van der Waals surface area contributed by atoms with Crippen molar-refractivity contribution >= 4 is 33.7 Å². The molecule has 2 nitrogen and oxygen atoms in total. The first kappa shape index (κ1) is 14.6. The van der Waals surface area contributed by atoms with Crippen molar-refractivity contribution in [3.05, 3.63) is 34.3 Å². The van der Waals surface area contributed by atoms with Gasteiger partial charge in [-0.15, -0.1) is 0 Å². The first-order chi connectivity index (χ1) is 7.95. The Balaban J connectivity index is 2.42. The number of halogens is 1. The standard InChI is InChI=1S/C13H17BrO2S/c1-13(2,12(15)16-3)9-17-8-10-4-6-11(14)7-5-10/h4-7H,8-9H2,1-3H3. The van der Waals surface area contributed by atoms with Crippen LogP contribution in [0.4, 0.5) is 0 Å². The van der Waals surface area contributed by atoms with Gasteiger partial charge in [-0.05, 0) is 31.5 Å². The van der Waals surface area contributed by atoms with Gasteiger partial charge in [0, 0.05) is 16.0 Å². The summed E-state index contributed by atoms with van der Waals surface area (Å²) in [5.41, 5.74) is 0.841. The van der Waals surface area contributed by atoms with Crippen LogP contribution < -0.4 is 0 Å². The van der Waals surface area contributed by atoms with Gasteiger partial charge in [0.05, 0.1) is 12.5 Å². The molecule has 0 fully saturated rings. The molecule has 94 valence electrons. The number of carbonyl (C=O) groups is 1. The predicted octanol–water partition coefficient (Wildman–Crippen LogP) is 3.88. The Hall–Kier alpha value is -0.480. The van der Waals surface area contributed by atoms with E-state index in [0.29, 0.717) is 0 Å². The fourth-order valence-corrected chi connectivity index (χ4v) is 2.76. The average Bonchev–Trinajstić information content (AvgIpc) is 2.30. The summed E-state index contributed by atoms with van der Waals surface area (Å²) in [6, 6.07) is 8.23. The number of hydrogen-bond donors (Lipinski definition) is 0. The van der Waals surface area contributed by atoms with Gasteiger partial charge in [0.25, 0.3) is 0 Å². The Morgan fingerprint density at radius 2 is 1.94 bits per heavy atom. The molecule has 1 rings (SSSR count). The number of carbonyl (C=O) groups excluding carboxylic acids is 1. The molecule has 0 bridgehead atoms. The predicted molar refractivity (Wildman–Crippen MR) is 76.1 cm³/mol. The lowest BCUT2D eigenvalue weighted by Gasteiger charge is -2.20. The van der Waals surface area contributed by atoms with Crippen molar-refractivity contribution in [1.29, 1.82) is 0 Å². The van der Waals surface area contributed by atoms with Gasteiger partial charge in [0.1, 0.15) is 0 Å². The lowest BCUT2D eigenvalue weighted by atomic mass is 9.97. The maximum absolute atomic E-state index is 11.5. The highest BCUT2D eigenvalue weighted by Crippen LogP contribution is 2.26. The Kier molecular flexibility index (Phi) is 5.53. The summed E-state index contributed by atoms with van der Waals surface area (Å²) in [4.78, 5) is 11.5. The van der Waals surface area contributed by atoms with Gasteiger partial charge in [-0.1, -0.05) is 28.1 Å². The van der Waals surface area contributed by atoms with Crippen LogP contribution in [-0.4, -0.2) is 18.8 Å². The third-order valence-electron chi connectivity index (χ3n) is 2.38. The Morgan fingerprint density at radius 3 is 2.47 bits per heavy atom. The van der Waals surface area contributed by atoms with Crippen molar-refractivity contribution in [2.75, 3.05) is 12.9 Å². The topological polar surface area (TPSA) is 26.3 Å². The van der Waals surface area contributed by atoms with Gasteiger partial charge in [-0.2, -0.15) is 11.8 Å². The van der Waals surface area contributed by atoms with Crippen LogP contribution in [0.25, 0.3) is 0 Å². The maximum atomic E-state index is 11.5. The summed E-state index contributed by atoms with van der Waals surface area (Å²) < 4.78 is 5.86. The Labute approximate surface area is 115 Å². The van der Waals surface area contributed by atoms with Crippen LogP contribution in [0.5, 0.6) is 0 Å². The van der Waals surface area contributed by atoms with Gasteiger partial charge in [0.15, 0.2) is 0 Å². The van der Waals surface area contributed by atoms with Gasteiger partial charge in [-0.3, -0.25) is 4.79 Å². The summed E-state index contributed by atoms with van der Waals surface area (Å²) in [7, 11) is 1.43. The summed E-state index contributed by atoms with van der Waals surface area (Å²) in [6.07, 6.45) is 0. The van der Waals surface area contributed by atoms with Crippen LogP contribution in [0.15, 0.2) is 28.7 Å². The Morgan fingerprint density at radius 1 is 1.35 bits per heavy atom. The van der Waals surface area contributed by atoms with Crippen molar-refractivity contribution in [3.63, 3.8) is 0 Å². The second-order valence-corrected chi connectivity index (χ2v) is 6.40. The molecule has 0 atom stereocenters. The van der Waals surface area contributed by atoms with E-state index in [-0.39, 0.29) is 5.97 Å². The molecular formula is C13H17BrO2S. The molecule has 4 heteroatoms. The zero-order valence-corrected chi connectivity index (χ0v) is 12.7. The molecule has 17 heavy (non-hydrogen) atoms. The van der Waals surface area contributed by atoms with E-state index in [4.69, 9.17) is 4.74 Å². The lowest BCUT2D eigenvalue weighted by molar-refractivity contribution is -0.149. The number of rotatable bonds is 5. The van der Waals surface area contributed by atoms with E-state index in [1.54, 1.807) is 11.8 Å². The highest BCUT2D eigenvalue weighted by Gasteiger charge is 2.28. The van der Waals surface area contributed by atoms with Crippen molar-refractivity contribution in [1.82, 2.24) is 0 Å². The molecule has 1 aromatic rings. The normalized spacial score (nSPS) is 11.3. The van der Waals surface area contributed by atoms with E-state index in [2.05, 4.69) is 28.1 Å². The maximum Gasteiger partial charge on any atom is 0.312 e. The molecule has 1 aromatic carbocycles. The van der Waals surface area contributed by atoms with Crippen molar-refractivity contribution < 1.29 is 9.53 Å². The quantitative estimate of drug-likeness (QED) is 0.771. The van der Waals surface area contributed by atoms with Gasteiger partial charge in [-0.25, -0.2) is 0 Å². The van der Waals surface area contributed by atoms with E-state index >= 15 is 0 Å². The fraction of sp³-hybridized carbons (Fsp3) is 0.462. The summed E-state index contributed by atoms with van der Waals surface area (Å²) >= 11 is 5.15. The lowest BCUT2D eigenvalue weighted by Crippen LogP contribution is -2.28. The van der Waals surface area contributed by atoms with E-state index in [1.165, 1.54) is 12.7 Å². The third-order valence-corrected chi connectivity index (χ3v) is 4.37. The van der Waals surface area contributed by atoms with Crippen LogP contribution >= 0.6 is 27.7 Å². The Bertz CT molecular complexity index is 374. The van der Waals surface area contributed by atoms with Crippen LogP contribution in [0, 0.1) is 5.41 Å². The molecule has 0 saturated heterocycles. The van der Waals surface area contributed by atoms with Crippen molar-refractivity contribution in [3.8, 4) is 0 Å². The first-order valence-electron chi connectivity index (χ1n) is 5.36. The van der Waals surface area contributed by atoms with E-state index in [1.807, 2.05) is 26.0 Å². The molecule has 0 aliphatic heterocycles. The minimum atomic E-state index is -0.422. The van der Waals surface area contributed by atoms with Crippen LogP contribution in [-0.2, 0) is 15.3 Å². The van der Waals surface area contributed by atoms with Crippen LogP contribution in [0.2, 0.25) is 0 Å². The van der Waals surface area contributed by atoms with Crippen LogP contribution in [0.3, 0.4) is 0 Å². The van der Waals surface area contributed by atoms with Gasteiger partial charge >= 0.3 is 5.97 Å². The monoisotopic (exact) mass is 316 g/mol. The summed E-state index contributed by atoms with van der Waals surface area (Å²) in [5.74, 6) is 1.52. The van der Waals surface area contributed by atoms with Gasteiger partial charge < -0.3 is 4.74 Å². The molecule has 0 N–H and O–H groups in total. The highest BCUT2D eigenvalue weighted by atomic mass is 79.9. The second-order valence-electron chi connectivity index (χ2n) is 4.49. The minimum Gasteiger partial charge on any atom is -0.469 e. The molecule has 0 spiro atoms. The number of benzene rings is 1. The number of ether oxygens (including phenoxy) is 1. The smallest absolute Gasteiger partial charge is 0.312 e. The fourth-order valence-electron chi connectivity index (χ4n) is 1.34. The van der Waals surface area contributed by atoms with Crippen LogP contribution in [0.1, 0.15) is 19.4 Å². The highest BCUT2D eigenvalue weighted by molar-refractivity contribution is 9.10. The van der Waals surface area contributed by atoms with E-state index in [9.17, 15) is 4.79 Å². The SMILES string of the molecule is COC(=O)C(C)(C)CSCc1ccc(Br)cc1.